The van der Waals surface area contributed by atoms with E-state index in [0.29, 0.717) is 25.3 Å². The molecule has 0 aliphatic carbocycles. The molecule has 0 atom stereocenters. The Balaban J connectivity index is 2.85. The summed E-state index contributed by atoms with van der Waals surface area (Å²) in [5.74, 6) is -0.378. The van der Waals surface area contributed by atoms with Crippen molar-refractivity contribution in [1.29, 1.82) is 5.26 Å². The van der Waals surface area contributed by atoms with Gasteiger partial charge in [0.15, 0.2) is 5.21 Å². The molecule has 0 amide bonds. The molecule has 0 bridgehead atoms. The van der Waals surface area contributed by atoms with Gasteiger partial charge >= 0.3 is 5.97 Å². The number of carboxylic acids is 1. The van der Waals surface area contributed by atoms with Crippen LogP contribution in [0.25, 0.3) is 0 Å². The fraction of sp³-hybridized carbons (Fsp3) is 0.700. The van der Waals surface area contributed by atoms with E-state index in [0.717, 1.165) is 12.8 Å². The van der Waals surface area contributed by atoms with Gasteiger partial charge in [0.05, 0.1) is 12.5 Å². The van der Waals surface area contributed by atoms with Crippen LogP contribution in [0.5, 0.6) is 0 Å². The van der Waals surface area contributed by atoms with E-state index in [4.69, 9.17) is 10.4 Å². The number of nitrogens with zero attached hydrogens (tertiary/aromatic N) is 5. The van der Waals surface area contributed by atoms with Gasteiger partial charge in [0, 0.05) is 0 Å². The molecule has 7 nitrogen and oxygen atoms in total. The van der Waals surface area contributed by atoms with Crippen LogP contribution in [-0.4, -0.2) is 26.2 Å². The molecular weight excluding hydrogens is 222 g/mol. The van der Waals surface area contributed by atoms with Crippen LogP contribution in [0, 0.1) is 11.3 Å². The summed E-state index contributed by atoms with van der Waals surface area (Å²) in [4.78, 5) is 10.8. The highest BCUT2D eigenvalue weighted by Crippen LogP contribution is 1.97. The van der Waals surface area contributed by atoms with E-state index in [9.17, 15) is 4.79 Å². The third kappa shape index (κ3) is 3.83. The van der Waals surface area contributed by atoms with Crippen molar-refractivity contribution in [3.05, 3.63) is 5.82 Å². The quantitative estimate of drug-likeness (QED) is 0.669. The molecule has 0 aliphatic rings. The average Bonchev–Trinajstić information content (AvgIpc) is 2.65. The second kappa shape index (κ2) is 6.58. The summed E-state index contributed by atoms with van der Waals surface area (Å²) in [6, 6.07) is 2.00. The van der Waals surface area contributed by atoms with Crippen molar-refractivity contribution in [3.8, 4) is 6.07 Å². The average molecular weight is 238 g/mol. The molecule has 7 heteroatoms. The molecule has 17 heavy (non-hydrogen) atoms. The number of aryl methyl sites for hydroxylation is 2. The molecule has 0 fully saturated rings. The summed E-state index contributed by atoms with van der Waals surface area (Å²) in [5, 5.41) is 25.1. The van der Waals surface area contributed by atoms with Crippen LogP contribution in [0.2, 0.25) is 0 Å². The summed E-state index contributed by atoms with van der Waals surface area (Å²) in [6.45, 7) is 3.09. The van der Waals surface area contributed by atoms with Crippen molar-refractivity contribution >= 4 is 5.97 Å². The van der Waals surface area contributed by atoms with Crippen molar-refractivity contribution in [2.45, 2.75) is 45.7 Å². The number of hydrogen-bond donors (Lipinski definition) is 1. The molecule has 0 aliphatic heterocycles. The van der Waals surface area contributed by atoms with Crippen molar-refractivity contribution in [3.63, 3.8) is 0 Å². The van der Waals surface area contributed by atoms with Crippen molar-refractivity contribution < 1.29 is 14.6 Å². The number of tetrazole rings is 1. The first-order valence-corrected chi connectivity index (χ1v) is 5.60. The molecule has 1 aromatic rings. The molecular formula is C10H16N5O2+. The van der Waals surface area contributed by atoms with Gasteiger partial charge in [-0.25, -0.2) is 0 Å². The lowest BCUT2D eigenvalue weighted by atomic mass is 10.3. The van der Waals surface area contributed by atoms with Crippen molar-refractivity contribution in [1.82, 2.24) is 15.1 Å². The molecule has 1 N–H and O–H groups in total. The van der Waals surface area contributed by atoms with Gasteiger partial charge < -0.3 is 5.11 Å². The molecule has 92 valence electrons. The Kier molecular flexibility index (Phi) is 5.07. The van der Waals surface area contributed by atoms with Gasteiger partial charge in [-0.1, -0.05) is 18.0 Å². The highest BCUT2D eigenvalue weighted by atomic mass is 16.4. The number of nitriles is 1. The van der Waals surface area contributed by atoms with Crippen LogP contribution < -0.4 is 4.68 Å². The molecule has 0 spiro atoms. The zero-order valence-corrected chi connectivity index (χ0v) is 9.83. The first kappa shape index (κ1) is 13.1. The molecule has 0 unspecified atom stereocenters. The number of unbranched alkanes of at least 4 members (excludes halogenated alkanes) is 1. The lowest BCUT2D eigenvalue weighted by molar-refractivity contribution is -0.760. The molecule has 1 rings (SSSR count). The summed E-state index contributed by atoms with van der Waals surface area (Å²) in [6.07, 6.45) is 2.10. The van der Waals surface area contributed by atoms with Gasteiger partial charge in [-0.15, -0.1) is 4.68 Å². The fourth-order valence-electron chi connectivity index (χ4n) is 1.46. The lowest BCUT2D eigenvalue weighted by Gasteiger charge is -1.97. The Labute approximate surface area is 99.3 Å². The van der Waals surface area contributed by atoms with Crippen LogP contribution in [0.3, 0.4) is 0 Å². The number of carboxylic acid groups (broad SMARTS) is 1. The lowest BCUT2D eigenvalue weighted by Crippen LogP contribution is -2.41. The predicted octanol–water partition coefficient (Wildman–Crippen LogP) is -0.0935. The van der Waals surface area contributed by atoms with Gasteiger partial charge in [-0.05, 0) is 6.42 Å². The zero-order valence-electron chi connectivity index (χ0n) is 9.83. The van der Waals surface area contributed by atoms with E-state index in [-0.39, 0.29) is 6.42 Å². The summed E-state index contributed by atoms with van der Waals surface area (Å²) in [7, 11) is 0. The standard InChI is InChI=1S/C10H15N5O2/c1-2-3-6-14-9(8-10(16)17)15(13-12-14)7-4-5-11/h2-4,6-8H2,1H3/p+1. The summed E-state index contributed by atoms with van der Waals surface area (Å²) >= 11 is 0. The Morgan fingerprint density at radius 2 is 2.41 bits per heavy atom. The summed E-state index contributed by atoms with van der Waals surface area (Å²) < 4.78 is 3.10. The highest BCUT2D eigenvalue weighted by molar-refractivity contribution is 5.68. The molecule has 1 aromatic heterocycles. The predicted molar refractivity (Wildman–Crippen MR) is 56.7 cm³/mol. The molecule has 0 radical (unpaired) electrons. The first-order valence-electron chi connectivity index (χ1n) is 5.60. The van der Waals surface area contributed by atoms with E-state index in [1.807, 2.05) is 6.07 Å². The second-order valence-electron chi connectivity index (χ2n) is 3.67. The van der Waals surface area contributed by atoms with Crippen LogP contribution in [0.15, 0.2) is 0 Å². The van der Waals surface area contributed by atoms with Crippen molar-refractivity contribution in [2.24, 2.45) is 0 Å². The maximum absolute atomic E-state index is 10.8. The fourth-order valence-corrected chi connectivity index (χ4v) is 1.46. The Morgan fingerprint density at radius 3 is 3.00 bits per heavy atom. The Morgan fingerprint density at radius 1 is 1.65 bits per heavy atom. The largest absolute Gasteiger partial charge is 0.481 e. The topological polar surface area (TPSA) is 95.7 Å². The van der Waals surface area contributed by atoms with E-state index in [1.54, 1.807) is 4.68 Å². The molecule has 0 saturated heterocycles. The van der Waals surface area contributed by atoms with Gasteiger partial charge in [0.2, 0.25) is 0 Å². The van der Waals surface area contributed by atoms with Crippen LogP contribution in [0.4, 0.5) is 0 Å². The van der Waals surface area contributed by atoms with E-state index < -0.39 is 5.97 Å². The van der Waals surface area contributed by atoms with Gasteiger partial charge in [0.1, 0.15) is 24.7 Å². The van der Waals surface area contributed by atoms with Gasteiger partial charge in [-0.2, -0.15) is 5.26 Å². The maximum Gasteiger partial charge on any atom is 0.314 e. The van der Waals surface area contributed by atoms with Gasteiger partial charge in [0.25, 0.3) is 5.82 Å². The van der Waals surface area contributed by atoms with Crippen LogP contribution >= 0.6 is 0 Å². The molecule has 1 heterocycles. The third-order valence-electron chi connectivity index (χ3n) is 2.32. The monoisotopic (exact) mass is 238 g/mol. The first-order chi connectivity index (χ1) is 8.19. The Bertz CT molecular complexity index is 421. The SMILES string of the molecule is CCCCn1nn[n+](CCC#N)c1CC(=O)O. The number of carbonyl (C=O) groups is 1. The Hall–Kier alpha value is -1.97. The zero-order chi connectivity index (χ0) is 12.7. The maximum atomic E-state index is 10.8. The second-order valence-corrected chi connectivity index (χ2v) is 3.67. The minimum atomic E-state index is -0.921. The van der Waals surface area contributed by atoms with Crippen molar-refractivity contribution in [2.75, 3.05) is 0 Å². The van der Waals surface area contributed by atoms with E-state index >= 15 is 0 Å². The third-order valence-corrected chi connectivity index (χ3v) is 2.32. The minimum absolute atomic E-state index is 0.123. The minimum Gasteiger partial charge on any atom is -0.481 e. The van der Waals surface area contributed by atoms with Gasteiger partial charge in [-0.3, -0.25) is 4.79 Å². The highest BCUT2D eigenvalue weighted by Gasteiger charge is 2.22. The van der Waals surface area contributed by atoms with Crippen LogP contribution in [0.1, 0.15) is 32.0 Å². The molecule has 0 aromatic carbocycles. The van der Waals surface area contributed by atoms with E-state index in [2.05, 4.69) is 17.4 Å². The number of aromatic nitrogens is 4. The number of rotatable bonds is 7. The summed E-state index contributed by atoms with van der Waals surface area (Å²) in [5.41, 5.74) is 0. The number of hydrogen-bond acceptors (Lipinski definition) is 4. The smallest absolute Gasteiger partial charge is 0.314 e. The normalized spacial score (nSPS) is 10.1. The van der Waals surface area contributed by atoms with Crippen LogP contribution in [-0.2, 0) is 24.3 Å². The molecule has 0 saturated carbocycles. The number of aliphatic carboxylic acids is 1. The van der Waals surface area contributed by atoms with E-state index in [1.165, 1.54) is 4.68 Å².